The first-order valence-electron chi connectivity index (χ1n) is 6.02. The molecule has 0 saturated carbocycles. The highest BCUT2D eigenvalue weighted by Gasteiger charge is 2.10. The van der Waals surface area contributed by atoms with Gasteiger partial charge in [-0.15, -0.1) is 10.2 Å². The predicted molar refractivity (Wildman–Crippen MR) is 69.0 cm³/mol. The van der Waals surface area contributed by atoms with Crippen molar-refractivity contribution in [2.24, 2.45) is 12.8 Å². The molecule has 0 saturated heterocycles. The van der Waals surface area contributed by atoms with Gasteiger partial charge in [-0.3, -0.25) is 0 Å². The summed E-state index contributed by atoms with van der Waals surface area (Å²) in [5.74, 6) is 1.60. The maximum Gasteiger partial charge on any atom is 0.170 e. The summed E-state index contributed by atoms with van der Waals surface area (Å²) in [5.41, 5.74) is 7.09. The van der Waals surface area contributed by atoms with E-state index in [0.29, 0.717) is 6.61 Å². The molecule has 0 aliphatic carbocycles. The Kier molecular flexibility index (Phi) is 3.94. The van der Waals surface area contributed by atoms with Crippen molar-refractivity contribution in [2.75, 3.05) is 0 Å². The zero-order valence-corrected chi connectivity index (χ0v) is 10.7. The van der Waals surface area contributed by atoms with Crippen LogP contribution in [0.15, 0.2) is 30.6 Å². The third-order valence-corrected chi connectivity index (χ3v) is 2.92. The van der Waals surface area contributed by atoms with Gasteiger partial charge in [0.1, 0.15) is 18.7 Å². The van der Waals surface area contributed by atoms with Crippen molar-refractivity contribution in [3.63, 3.8) is 0 Å². The van der Waals surface area contributed by atoms with Crippen molar-refractivity contribution in [1.82, 2.24) is 14.8 Å². The highest BCUT2D eigenvalue weighted by Crippen LogP contribution is 2.25. The van der Waals surface area contributed by atoms with Gasteiger partial charge in [-0.25, -0.2) is 0 Å². The molecule has 96 valence electrons. The summed E-state index contributed by atoms with van der Waals surface area (Å²) in [6.45, 7) is 2.45. The number of benzene rings is 1. The normalized spacial score (nSPS) is 12.4. The Balaban J connectivity index is 2.12. The molecule has 1 heterocycles. The highest BCUT2D eigenvalue weighted by molar-refractivity contribution is 5.35. The topological polar surface area (TPSA) is 66.0 Å². The molecule has 18 heavy (non-hydrogen) atoms. The lowest BCUT2D eigenvalue weighted by Crippen LogP contribution is -2.11. The second-order valence-corrected chi connectivity index (χ2v) is 4.20. The number of hydrogen-bond acceptors (Lipinski definition) is 4. The van der Waals surface area contributed by atoms with E-state index in [9.17, 15) is 0 Å². The van der Waals surface area contributed by atoms with Gasteiger partial charge >= 0.3 is 0 Å². The quantitative estimate of drug-likeness (QED) is 0.873. The molecule has 1 aromatic heterocycles. The third-order valence-electron chi connectivity index (χ3n) is 2.92. The number of ether oxygens (including phenoxy) is 1. The van der Waals surface area contributed by atoms with Crippen LogP contribution in [0.2, 0.25) is 0 Å². The summed E-state index contributed by atoms with van der Waals surface area (Å²) in [5, 5.41) is 7.80. The Morgan fingerprint density at radius 1 is 1.39 bits per heavy atom. The molecule has 0 radical (unpaired) electrons. The standard InChI is InChI=1S/C13H18N4O/c1-3-11(14)10-6-4-5-7-12(10)18-8-13-16-15-9-17(13)2/h4-7,9,11H,3,8,14H2,1-2H3/t11-/m1/s1. The van der Waals surface area contributed by atoms with Gasteiger partial charge in [-0.1, -0.05) is 25.1 Å². The van der Waals surface area contributed by atoms with Gasteiger partial charge in [0.2, 0.25) is 0 Å². The van der Waals surface area contributed by atoms with E-state index in [1.165, 1.54) is 0 Å². The average molecular weight is 246 g/mol. The fraction of sp³-hybridized carbons (Fsp3) is 0.385. The minimum Gasteiger partial charge on any atom is -0.485 e. The van der Waals surface area contributed by atoms with E-state index in [4.69, 9.17) is 10.5 Å². The summed E-state index contributed by atoms with van der Waals surface area (Å²) in [4.78, 5) is 0. The van der Waals surface area contributed by atoms with Gasteiger partial charge < -0.3 is 15.0 Å². The van der Waals surface area contributed by atoms with E-state index >= 15 is 0 Å². The predicted octanol–water partition coefficient (Wildman–Crippen LogP) is 1.80. The maximum atomic E-state index is 6.06. The van der Waals surface area contributed by atoms with Crippen LogP contribution in [-0.4, -0.2) is 14.8 Å². The number of aryl methyl sites for hydroxylation is 1. The molecule has 2 rings (SSSR count). The zero-order valence-electron chi connectivity index (χ0n) is 10.7. The van der Waals surface area contributed by atoms with Crippen LogP contribution in [0.1, 0.15) is 30.8 Å². The largest absolute Gasteiger partial charge is 0.485 e. The molecule has 2 N–H and O–H groups in total. The van der Waals surface area contributed by atoms with Crippen LogP contribution in [0.3, 0.4) is 0 Å². The number of para-hydroxylation sites is 1. The van der Waals surface area contributed by atoms with Crippen LogP contribution in [0, 0.1) is 0 Å². The minimum absolute atomic E-state index is 0.000645. The van der Waals surface area contributed by atoms with Crippen molar-refractivity contribution >= 4 is 0 Å². The fourth-order valence-corrected chi connectivity index (χ4v) is 1.72. The number of nitrogens with two attached hydrogens (primary N) is 1. The first kappa shape index (κ1) is 12.6. The van der Waals surface area contributed by atoms with Gasteiger partial charge in [0.05, 0.1) is 0 Å². The maximum absolute atomic E-state index is 6.06. The molecule has 0 aliphatic rings. The summed E-state index contributed by atoms with van der Waals surface area (Å²) < 4.78 is 7.62. The molecule has 0 fully saturated rings. The van der Waals surface area contributed by atoms with Crippen LogP contribution < -0.4 is 10.5 Å². The van der Waals surface area contributed by atoms with Crippen molar-refractivity contribution in [3.05, 3.63) is 42.0 Å². The summed E-state index contributed by atoms with van der Waals surface area (Å²) in [6, 6.07) is 7.85. The first-order valence-corrected chi connectivity index (χ1v) is 6.02. The molecule has 0 spiro atoms. The molecule has 0 amide bonds. The molecule has 0 bridgehead atoms. The van der Waals surface area contributed by atoms with E-state index < -0.39 is 0 Å². The first-order chi connectivity index (χ1) is 8.72. The molecule has 2 aromatic rings. The molecule has 1 atom stereocenters. The lowest BCUT2D eigenvalue weighted by molar-refractivity contribution is 0.286. The number of aromatic nitrogens is 3. The molecular weight excluding hydrogens is 228 g/mol. The van der Waals surface area contributed by atoms with Crippen molar-refractivity contribution < 1.29 is 4.74 Å². The lowest BCUT2D eigenvalue weighted by Gasteiger charge is -2.15. The van der Waals surface area contributed by atoms with Gasteiger partial charge in [0, 0.05) is 18.7 Å². The highest BCUT2D eigenvalue weighted by atomic mass is 16.5. The van der Waals surface area contributed by atoms with Crippen LogP contribution in [0.5, 0.6) is 5.75 Å². The third kappa shape index (κ3) is 2.68. The van der Waals surface area contributed by atoms with Crippen molar-refractivity contribution in [3.8, 4) is 5.75 Å². The van der Waals surface area contributed by atoms with Crippen LogP contribution in [0.25, 0.3) is 0 Å². The van der Waals surface area contributed by atoms with E-state index in [2.05, 4.69) is 17.1 Å². The lowest BCUT2D eigenvalue weighted by atomic mass is 10.0. The number of rotatable bonds is 5. The van der Waals surface area contributed by atoms with Gasteiger partial charge in [0.25, 0.3) is 0 Å². The van der Waals surface area contributed by atoms with Crippen LogP contribution >= 0.6 is 0 Å². The average Bonchev–Trinajstić information content (AvgIpc) is 2.81. The van der Waals surface area contributed by atoms with Crippen LogP contribution in [0.4, 0.5) is 0 Å². The molecular formula is C13H18N4O. The fourth-order valence-electron chi connectivity index (χ4n) is 1.72. The van der Waals surface area contributed by atoms with Crippen LogP contribution in [-0.2, 0) is 13.7 Å². The van der Waals surface area contributed by atoms with E-state index in [0.717, 1.165) is 23.6 Å². The van der Waals surface area contributed by atoms with Gasteiger partial charge in [-0.2, -0.15) is 0 Å². The Morgan fingerprint density at radius 3 is 2.83 bits per heavy atom. The monoisotopic (exact) mass is 246 g/mol. The summed E-state index contributed by atoms with van der Waals surface area (Å²) in [7, 11) is 1.89. The second kappa shape index (κ2) is 5.64. The Hall–Kier alpha value is -1.88. The Labute approximate surface area is 107 Å². The zero-order chi connectivity index (χ0) is 13.0. The SMILES string of the molecule is CC[C@@H](N)c1ccccc1OCc1nncn1C. The molecule has 1 aromatic carbocycles. The Bertz CT molecular complexity index is 509. The van der Waals surface area contributed by atoms with Gasteiger partial charge in [-0.05, 0) is 12.5 Å². The number of nitrogens with zero attached hydrogens (tertiary/aromatic N) is 3. The molecule has 5 nitrogen and oxygen atoms in total. The van der Waals surface area contributed by atoms with E-state index in [1.807, 2.05) is 35.9 Å². The Morgan fingerprint density at radius 2 is 2.17 bits per heavy atom. The van der Waals surface area contributed by atoms with Gasteiger partial charge in [0.15, 0.2) is 5.82 Å². The molecule has 0 unspecified atom stereocenters. The molecule has 0 aliphatic heterocycles. The number of hydrogen-bond donors (Lipinski definition) is 1. The van der Waals surface area contributed by atoms with E-state index in [1.54, 1.807) is 6.33 Å². The summed E-state index contributed by atoms with van der Waals surface area (Å²) in [6.07, 6.45) is 2.53. The summed E-state index contributed by atoms with van der Waals surface area (Å²) >= 11 is 0. The molecule has 5 heteroatoms. The van der Waals surface area contributed by atoms with E-state index in [-0.39, 0.29) is 6.04 Å². The van der Waals surface area contributed by atoms with Crippen molar-refractivity contribution in [1.29, 1.82) is 0 Å². The second-order valence-electron chi connectivity index (χ2n) is 4.20. The minimum atomic E-state index is 0.000645. The van der Waals surface area contributed by atoms with Crippen molar-refractivity contribution in [2.45, 2.75) is 26.0 Å². The smallest absolute Gasteiger partial charge is 0.170 e.